The number of nitrogens with zero attached hydrogens (tertiary/aromatic N) is 1. The largest absolute Gasteiger partial charge is 0.496 e. The lowest BCUT2D eigenvalue weighted by Crippen LogP contribution is -2.29. The van der Waals surface area contributed by atoms with Crippen molar-refractivity contribution in [2.45, 2.75) is 0 Å². The van der Waals surface area contributed by atoms with Crippen LogP contribution in [0.2, 0.25) is 0 Å². The van der Waals surface area contributed by atoms with Crippen LogP contribution in [-0.2, 0) is 0 Å². The first kappa shape index (κ1) is 21.2. The molecule has 0 saturated carbocycles. The molecule has 0 saturated heterocycles. The lowest BCUT2D eigenvalue weighted by atomic mass is 10.1. The van der Waals surface area contributed by atoms with Crippen LogP contribution in [0.15, 0.2) is 78.9 Å². The Kier molecular flexibility index (Phi) is 5.22. The van der Waals surface area contributed by atoms with Crippen LogP contribution in [0.4, 0.5) is 11.4 Å². The summed E-state index contributed by atoms with van der Waals surface area (Å²) < 4.78 is 10.9. The summed E-state index contributed by atoms with van der Waals surface area (Å²) >= 11 is 0. The summed E-state index contributed by atoms with van der Waals surface area (Å²) in [7, 11) is 2.95. The van der Waals surface area contributed by atoms with E-state index in [0.29, 0.717) is 33.8 Å². The number of hydrogen-bond donors (Lipinski definition) is 1. The Balaban J connectivity index is 1.46. The van der Waals surface area contributed by atoms with Crippen LogP contribution in [-0.4, -0.2) is 31.9 Å². The zero-order chi connectivity index (χ0) is 23.8. The standard InChI is InChI=1S/C27H20N2O5/c1-33-23-14-17-8-4-3-7-16(17)13-21(23)25(30)28-18-11-12-22(24(15-18)34-2)29-26(31)19-9-5-6-10-20(19)27(29)32/h3-15H,1-2H3,(H,28,30). The molecule has 1 aliphatic rings. The third-order valence-corrected chi connectivity index (χ3v) is 5.79. The van der Waals surface area contributed by atoms with Crippen molar-refractivity contribution in [3.05, 3.63) is 95.6 Å². The minimum atomic E-state index is -0.420. The van der Waals surface area contributed by atoms with Crippen molar-refractivity contribution in [3.8, 4) is 11.5 Å². The number of amides is 3. The van der Waals surface area contributed by atoms with Crippen molar-refractivity contribution in [1.82, 2.24) is 0 Å². The number of benzene rings is 4. The molecule has 3 amide bonds. The van der Waals surface area contributed by atoms with Crippen molar-refractivity contribution in [1.29, 1.82) is 0 Å². The molecule has 1 aliphatic heterocycles. The fourth-order valence-corrected chi connectivity index (χ4v) is 4.11. The molecule has 5 rings (SSSR count). The van der Waals surface area contributed by atoms with Gasteiger partial charge in [-0.15, -0.1) is 0 Å². The number of nitrogens with one attached hydrogen (secondary N) is 1. The van der Waals surface area contributed by atoms with E-state index in [1.54, 1.807) is 48.5 Å². The zero-order valence-electron chi connectivity index (χ0n) is 18.5. The molecule has 1 N–H and O–H groups in total. The number of ether oxygens (including phenoxy) is 2. The van der Waals surface area contributed by atoms with Gasteiger partial charge in [0.1, 0.15) is 11.5 Å². The van der Waals surface area contributed by atoms with Gasteiger partial charge in [0.25, 0.3) is 17.7 Å². The molecule has 0 spiro atoms. The number of fused-ring (bicyclic) bond motifs is 2. The molecule has 0 bridgehead atoms. The first-order chi connectivity index (χ1) is 16.5. The predicted molar refractivity (Wildman–Crippen MR) is 129 cm³/mol. The van der Waals surface area contributed by atoms with Gasteiger partial charge in [-0.1, -0.05) is 36.4 Å². The molecule has 0 aliphatic carbocycles. The van der Waals surface area contributed by atoms with Gasteiger partial charge in [-0.2, -0.15) is 0 Å². The third kappa shape index (κ3) is 3.44. The Morgan fingerprint density at radius 3 is 1.94 bits per heavy atom. The molecule has 168 valence electrons. The van der Waals surface area contributed by atoms with Gasteiger partial charge < -0.3 is 14.8 Å². The maximum absolute atomic E-state index is 13.1. The second-order valence-electron chi connectivity index (χ2n) is 7.73. The van der Waals surface area contributed by atoms with E-state index in [-0.39, 0.29) is 11.7 Å². The topological polar surface area (TPSA) is 84.9 Å². The maximum atomic E-state index is 13.1. The third-order valence-electron chi connectivity index (χ3n) is 5.79. The highest BCUT2D eigenvalue weighted by atomic mass is 16.5. The molecule has 1 heterocycles. The van der Waals surface area contributed by atoms with E-state index in [0.717, 1.165) is 15.7 Å². The van der Waals surface area contributed by atoms with Crippen LogP contribution in [0.3, 0.4) is 0 Å². The molecule has 0 fully saturated rings. The van der Waals surface area contributed by atoms with Crippen molar-refractivity contribution in [2.24, 2.45) is 0 Å². The second-order valence-corrected chi connectivity index (χ2v) is 7.73. The first-order valence-corrected chi connectivity index (χ1v) is 10.6. The van der Waals surface area contributed by atoms with Crippen molar-refractivity contribution < 1.29 is 23.9 Å². The van der Waals surface area contributed by atoms with E-state index in [9.17, 15) is 14.4 Å². The average molecular weight is 452 g/mol. The highest BCUT2D eigenvalue weighted by Crippen LogP contribution is 2.37. The summed E-state index contributed by atoms with van der Waals surface area (Å²) in [5.41, 5.74) is 1.81. The van der Waals surface area contributed by atoms with Crippen LogP contribution in [0.5, 0.6) is 11.5 Å². The Morgan fingerprint density at radius 2 is 1.32 bits per heavy atom. The highest BCUT2D eigenvalue weighted by Gasteiger charge is 2.37. The fourth-order valence-electron chi connectivity index (χ4n) is 4.11. The number of anilines is 2. The van der Waals surface area contributed by atoms with Gasteiger partial charge in [-0.3, -0.25) is 14.4 Å². The molecule has 0 unspecified atom stereocenters. The van der Waals surface area contributed by atoms with Crippen molar-refractivity contribution >= 4 is 39.9 Å². The molecule has 34 heavy (non-hydrogen) atoms. The first-order valence-electron chi connectivity index (χ1n) is 10.6. The van der Waals surface area contributed by atoms with E-state index in [4.69, 9.17) is 9.47 Å². The van der Waals surface area contributed by atoms with Gasteiger partial charge in [0.15, 0.2) is 0 Å². The van der Waals surface area contributed by atoms with Crippen LogP contribution < -0.4 is 19.7 Å². The minimum absolute atomic E-state index is 0.276. The van der Waals surface area contributed by atoms with E-state index >= 15 is 0 Å². The van der Waals surface area contributed by atoms with Gasteiger partial charge in [0, 0.05) is 11.8 Å². The monoisotopic (exact) mass is 452 g/mol. The minimum Gasteiger partial charge on any atom is -0.496 e. The Bertz CT molecular complexity index is 1440. The molecular weight excluding hydrogens is 432 g/mol. The number of imide groups is 1. The summed E-state index contributed by atoms with van der Waals surface area (Å²) in [5.74, 6) is -0.477. The Labute approximate surface area is 195 Å². The van der Waals surface area contributed by atoms with Gasteiger partial charge in [-0.05, 0) is 47.2 Å². The van der Waals surface area contributed by atoms with E-state index in [1.807, 2.05) is 30.3 Å². The van der Waals surface area contributed by atoms with Crippen LogP contribution in [0.25, 0.3) is 10.8 Å². The fraction of sp³-hybridized carbons (Fsp3) is 0.0741. The van der Waals surface area contributed by atoms with Gasteiger partial charge in [0.05, 0.1) is 36.6 Å². The summed E-state index contributed by atoms with van der Waals surface area (Å²) in [6.07, 6.45) is 0. The number of hydrogen-bond acceptors (Lipinski definition) is 5. The summed E-state index contributed by atoms with van der Waals surface area (Å²) in [4.78, 5) is 39.9. The van der Waals surface area contributed by atoms with Crippen LogP contribution >= 0.6 is 0 Å². The number of rotatable bonds is 5. The lowest BCUT2D eigenvalue weighted by molar-refractivity contribution is 0.0923. The lowest BCUT2D eigenvalue weighted by Gasteiger charge is -2.18. The van der Waals surface area contributed by atoms with E-state index in [2.05, 4.69) is 5.32 Å². The van der Waals surface area contributed by atoms with E-state index < -0.39 is 11.8 Å². The molecule has 4 aromatic rings. The molecule has 4 aromatic carbocycles. The Hall–Kier alpha value is -4.65. The average Bonchev–Trinajstić information content (AvgIpc) is 3.12. The molecule has 7 heteroatoms. The number of carbonyl (C=O) groups excluding carboxylic acids is 3. The summed E-state index contributed by atoms with van der Waals surface area (Å²) in [6, 6.07) is 22.7. The van der Waals surface area contributed by atoms with Crippen molar-refractivity contribution in [3.63, 3.8) is 0 Å². The van der Waals surface area contributed by atoms with Gasteiger partial charge in [0.2, 0.25) is 0 Å². The Morgan fingerprint density at radius 1 is 0.735 bits per heavy atom. The van der Waals surface area contributed by atoms with Crippen LogP contribution in [0.1, 0.15) is 31.1 Å². The molecule has 0 aromatic heterocycles. The normalized spacial score (nSPS) is 12.6. The molecule has 0 radical (unpaired) electrons. The number of methoxy groups -OCH3 is 2. The van der Waals surface area contributed by atoms with Crippen molar-refractivity contribution in [2.75, 3.05) is 24.4 Å². The summed E-state index contributed by atoms with van der Waals surface area (Å²) in [5, 5.41) is 4.71. The SMILES string of the molecule is COc1cc2ccccc2cc1C(=O)Nc1ccc(N2C(=O)c3ccccc3C2=O)c(OC)c1. The van der Waals surface area contributed by atoms with E-state index in [1.165, 1.54) is 14.2 Å². The highest BCUT2D eigenvalue weighted by molar-refractivity contribution is 6.34. The molecule has 7 nitrogen and oxygen atoms in total. The smallest absolute Gasteiger partial charge is 0.266 e. The number of carbonyl (C=O) groups is 3. The van der Waals surface area contributed by atoms with Gasteiger partial charge >= 0.3 is 0 Å². The zero-order valence-corrected chi connectivity index (χ0v) is 18.5. The molecular formula is C27H20N2O5. The molecule has 0 atom stereocenters. The second kappa shape index (κ2) is 8.37. The van der Waals surface area contributed by atoms with Gasteiger partial charge in [-0.25, -0.2) is 4.90 Å². The van der Waals surface area contributed by atoms with Crippen LogP contribution in [0, 0.1) is 0 Å². The quantitative estimate of drug-likeness (QED) is 0.435. The maximum Gasteiger partial charge on any atom is 0.266 e. The summed E-state index contributed by atoms with van der Waals surface area (Å²) in [6.45, 7) is 0. The predicted octanol–water partition coefficient (Wildman–Crippen LogP) is 4.91.